The maximum atomic E-state index is 9.93. The maximum absolute atomic E-state index is 9.93. The van der Waals surface area contributed by atoms with E-state index in [1.54, 1.807) is 38.6 Å². The third-order valence-electron chi connectivity index (χ3n) is 4.73. The topological polar surface area (TPSA) is 89.5 Å². The normalized spacial score (nSPS) is 11.1. The number of nitrogens with one attached hydrogen (secondary N) is 1. The Balaban J connectivity index is 2.15. The van der Waals surface area contributed by atoms with E-state index >= 15 is 0 Å². The number of ether oxygens (including phenoxy) is 3. The number of aromatic amines is 1. The van der Waals surface area contributed by atoms with Crippen LogP contribution in [0, 0.1) is 6.92 Å². The summed E-state index contributed by atoms with van der Waals surface area (Å²) in [5.74, 6) is 1.75. The first kappa shape index (κ1) is 17.0. The van der Waals surface area contributed by atoms with Gasteiger partial charge in [0.15, 0.2) is 28.6 Å². The molecule has 27 heavy (non-hydrogen) atoms. The Bertz CT molecular complexity index is 1170. The molecule has 7 heteroatoms. The summed E-state index contributed by atoms with van der Waals surface area (Å²) >= 11 is 0. The molecule has 7 nitrogen and oxygen atoms in total. The van der Waals surface area contributed by atoms with Gasteiger partial charge < -0.3 is 19.3 Å². The van der Waals surface area contributed by atoms with Gasteiger partial charge in [-0.05, 0) is 31.2 Å². The fourth-order valence-corrected chi connectivity index (χ4v) is 3.47. The highest BCUT2D eigenvalue weighted by atomic mass is 16.5. The van der Waals surface area contributed by atoms with Crippen molar-refractivity contribution in [3.63, 3.8) is 0 Å². The molecule has 2 aromatic heterocycles. The Hall–Kier alpha value is -3.48. The molecule has 0 saturated heterocycles. The van der Waals surface area contributed by atoms with Gasteiger partial charge in [-0.2, -0.15) is 5.10 Å². The molecule has 4 rings (SSSR count). The molecule has 2 N–H and O–H groups in total. The second kappa shape index (κ2) is 6.35. The average Bonchev–Trinajstić information content (AvgIpc) is 3.15. The molecule has 0 unspecified atom stereocenters. The van der Waals surface area contributed by atoms with Gasteiger partial charge in [-0.25, -0.2) is 4.98 Å². The van der Waals surface area contributed by atoms with E-state index in [0.29, 0.717) is 22.9 Å². The van der Waals surface area contributed by atoms with Crippen molar-refractivity contribution in [3.05, 3.63) is 36.0 Å². The van der Waals surface area contributed by atoms with Crippen molar-refractivity contribution in [1.29, 1.82) is 0 Å². The lowest BCUT2D eigenvalue weighted by Gasteiger charge is -2.16. The lowest BCUT2D eigenvalue weighted by Crippen LogP contribution is -1.97. The highest BCUT2D eigenvalue weighted by molar-refractivity contribution is 6.12. The Kier molecular flexibility index (Phi) is 3.99. The van der Waals surface area contributed by atoms with E-state index < -0.39 is 0 Å². The lowest BCUT2D eigenvalue weighted by molar-refractivity contribution is 0.354. The van der Waals surface area contributed by atoms with Gasteiger partial charge >= 0.3 is 0 Å². The number of hydrogen-bond acceptors (Lipinski definition) is 6. The number of rotatable bonds is 4. The third kappa shape index (κ3) is 2.51. The Morgan fingerprint density at radius 3 is 2.44 bits per heavy atom. The molecule has 0 fully saturated rings. The Labute approximate surface area is 155 Å². The monoisotopic (exact) mass is 365 g/mol. The number of phenolic OH excluding ortho intramolecular Hbond substituents is 1. The summed E-state index contributed by atoms with van der Waals surface area (Å²) in [5.41, 5.74) is 3.13. The molecule has 138 valence electrons. The molecule has 0 atom stereocenters. The van der Waals surface area contributed by atoms with Crippen LogP contribution >= 0.6 is 0 Å². The summed E-state index contributed by atoms with van der Waals surface area (Å²) in [6, 6.07) is 7.06. The number of methoxy groups -OCH3 is 3. The van der Waals surface area contributed by atoms with Crippen LogP contribution in [-0.2, 0) is 0 Å². The number of H-pyrrole nitrogens is 1. The van der Waals surface area contributed by atoms with Crippen LogP contribution in [0.15, 0.2) is 30.5 Å². The zero-order valence-corrected chi connectivity index (χ0v) is 15.5. The molecule has 0 aliphatic heterocycles. The Morgan fingerprint density at radius 2 is 1.74 bits per heavy atom. The molecule has 0 aliphatic rings. The molecule has 0 amide bonds. The summed E-state index contributed by atoms with van der Waals surface area (Å²) in [6.45, 7) is 1.98. The van der Waals surface area contributed by atoms with Gasteiger partial charge in [-0.15, -0.1) is 0 Å². The molecule has 2 heterocycles. The minimum atomic E-state index is 0.0728. The fraction of sp³-hybridized carbons (Fsp3) is 0.200. The van der Waals surface area contributed by atoms with Crippen LogP contribution < -0.4 is 14.2 Å². The summed E-state index contributed by atoms with van der Waals surface area (Å²) in [6.07, 6.45) is 1.75. The minimum absolute atomic E-state index is 0.0728. The van der Waals surface area contributed by atoms with E-state index in [1.807, 2.05) is 13.0 Å². The van der Waals surface area contributed by atoms with Crippen molar-refractivity contribution >= 4 is 21.8 Å². The van der Waals surface area contributed by atoms with Crippen LogP contribution in [0.5, 0.6) is 23.0 Å². The first-order valence-corrected chi connectivity index (χ1v) is 8.34. The predicted octanol–water partition coefficient (Wildman–Crippen LogP) is 3.82. The smallest absolute Gasteiger partial charge is 0.164 e. The quantitative estimate of drug-likeness (QED) is 0.571. The van der Waals surface area contributed by atoms with Gasteiger partial charge in [0.2, 0.25) is 0 Å². The standard InChI is InChI=1S/C20H19N3O4/c1-10-17-12(8-16(26-3)19(10)27-4)18(22-20-13(17)9-21-23-20)11-5-6-14(24)15(7-11)25-2/h5-9,24H,1-4H3,(H,21,22,23). The molecule has 4 aromatic rings. The van der Waals surface area contributed by atoms with Gasteiger partial charge in [-0.1, -0.05) is 0 Å². The molecule has 2 aromatic carbocycles. The van der Waals surface area contributed by atoms with Crippen LogP contribution in [-0.4, -0.2) is 41.6 Å². The molecular formula is C20H19N3O4. The number of nitrogens with zero attached hydrogens (tertiary/aromatic N) is 2. The molecule has 0 spiro atoms. The number of aromatic hydroxyl groups is 1. The number of fused-ring (bicyclic) bond motifs is 3. The van der Waals surface area contributed by atoms with Crippen molar-refractivity contribution < 1.29 is 19.3 Å². The molecule has 0 aliphatic carbocycles. The van der Waals surface area contributed by atoms with E-state index in [2.05, 4.69) is 10.2 Å². The fourth-order valence-electron chi connectivity index (χ4n) is 3.47. The van der Waals surface area contributed by atoms with E-state index in [4.69, 9.17) is 19.2 Å². The SMILES string of the molecule is COc1cc(-c2nc3[nH]ncc3c3c(C)c(OC)c(OC)cc23)ccc1O. The predicted molar refractivity (Wildman–Crippen MR) is 103 cm³/mol. The van der Waals surface area contributed by atoms with Crippen molar-refractivity contribution in [3.8, 4) is 34.3 Å². The maximum Gasteiger partial charge on any atom is 0.164 e. The minimum Gasteiger partial charge on any atom is -0.504 e. The highest BCUT2D eigenvalue weighted by Crippen LogP contribution is 2.43. The van der Waals surface area contributed by atoms with E-state index in [9.17, 15) is 5.11 Å². The molecule has 0 saturated carbocycles. The summed E-state index contributed by atoms with van der Waals surface area (Å²) in [4.78, 5) is 4.76. The van der Waals surface area contributed by atoms with Crippen LogP contribution in [0.25, 0.3) is 33.1 Å². The first-order valence-electron chi connectivity index (χ1n) is 8.34. The number of aromatic nitrogens is 3. The van der Waals surface area contributed by atoms with Crippen molar-refractivity contribution in [2.24, 2.45) is 0 Å². The lowest BCUT2D eigenvalue weighted by atomic mass is 9.97. The zero-order valence-electron chi connectivity index (χ0n) is 15.5. The summed E-state index contributed by atoms with van der Waals surface area (Å²) in [7, 11) is 4.74. The zero-order chi connectivity index (χ0) is 19.1. The average molecular weight is 365 g/mol. The van der Waals surface area contributed by atoms with Gasteiger partial charge in [0.25, 0.3) is 0 Å². The van der Waals surface area contributed by atoms with Crippen molar-refractivity contribution in [1.82, 2.24) is 15.2 Å². The van der Waals surface area contributed by atoms with Gasteiger partial charge in [0, 0.05) is 27.3 Å². The first-order chi connectivity index (χ1) is 13.1. The van der Waals surface area contributed by atoms with Crippen molar-refractivity contribution in [2.75, 3.05) is 21.3 Å². The number of aryl methyl sites for hydroxylation is 1. The molecule has 0 radical (unpaired) electrons. The van der Waals surface area contributed by atoms with Gasteiger partial charge in [0.05, 0.1) is 33.2 Å². The number of benzene rings is 2. The van der Waals surface area contributed by atoms with Crippen LogP contribution in [0.1, 0.15) is 5.56 Å². The third-order valence-corrected chi connectivity index (χ3v) is 4.73. The van der Waals surface area contributed by atoms with E-state index in [-0.39, 0.29) is 5.75 Å². The number of hydrogen-bond donors (Lipinski definition) is 2. The van der Waals surface area contributed by atoms with Gasteiger partial charge in [0.1, 0.15) is 0 Å². The van der Waals surface area contributed by atoms with Crippen LogP contribution in [0.3, 0.4) is 0 Å². The summed E-state index contributed by atoms with van der Waals surface area (Å²) in [5, 5.41) is 19.8. The summed E-state index contributed by atoms with van der Waals surface area (Å²) < 4.78 is 16.4. The number of phenols is 1. The largest absolute Gasteiger partial charge is 0.504 e. The van der Waals surface area contributed by atoms with Crippen molar-refractivity contribution in [2.45, 2.75) is 6.92 Å². The van der Waals surface area contributed by atoms with Gasteiger partial charge in [-0.3, -0.25) is 5.10 Å². The van der Waals surface area contributed by atoms with Crippen LogP contribution in [0.2, 0.25) is 0 Å². The highest BCUT2D eigenvalue weighted by Gasteiger charge is 2.20. The molecular weight excluding hydrogens is 346 g/mol. The van der Waals surface area contributed by atoms with Crippen LogP contribution in [0.4, 0.5) is 0 Å². The second-order valence-electron chi connectivity index (χ2n) is 6.14. The van der Waals surface area contributed by atoms with E-state index in [0.717, 1.165) is 33.0 Å². The second-order valence-corrected chi connectivity index (χ2v) is 6.14. The number of pyridine rings is 1. The Morgan fingerprint density at radius 1 is 0.963 bits per heavy atom. The molecule has 0 bridgehead atoms. The van der Waals surface area contributed by atoms with E-state index in [1.165, 1.54) is 7.11 Å².